The lowest BCUT2D eigenvalue weighted by Crippen LogP contribution is -2.43. The summed E-state index contributed by atoms with van der Waals surface area (Å²) in [6.45, 7) is 5.70. The van der Waals surface area contributed by atoms with Gasteiger partial charge in [-0.15, -0.1) is 0 Å². The van der Waals surface area contributed by atoms with Gasteiger partial charge in [0, 0.05) is 25.2 Å². The number of fused-ring (bicyclic) bond motifs is 1. The average molecular weight is 327 g/mol. The SMILES string of the molecule is Cc1cn2c(n1)CC[C@@H](NC(=O)[C@H](C)COCc1ccccc1)C2. The highest BCUT2D eigenvalue weighted by Gasteiger charge is 2.23. The van der Waals surface area contributed by atoms with Gasteiger partial charge in [-0.2, -0.15) is 0 Å². The maximum absolute atomic E-state index is 12.4. The van der Waals surface area contributed by atoms with E-state index in [1.165, 1.54) is 0 Å². The van der Waals surface area contributed by atoms with Crippen LogP contribution in [0.25, 0.3) is 0 Å². The maximum Gasteiger partial charge on any atom is 0.225 e. The highest BCUT2D eigenvalue weighted by molar-refractivity contribution is 5.78. The van der Waals surface area contributed by atoms with Gasteiger partial charge in [0.2, 0.25) is 5.91 Å². The van der Waals surface area contributed by atoms with Gasteiger partial charge in [-0.25, -0.2) is 4.98 Å². The first-order valence-electron chi connectivity index (χ1n) is 8.56. The number of aromatic nitrogens is 2. The van der Waals surface area contributed by atoms with Crippen LogP contribution in [0.5, 0.6) is 0 Å². The Hall–Kier alpha value is -2.14. The number of hydrogen-bond acceptors (Lipinski definition) is 3. The molecule has 0 aliphatic carbocycles. The lowest BCUT2D eigenvalue weighted by atomic mass is 10.1. The Balaban J connectivity index is 1.43. The number of benzene rings is 1. The molecular formula is C19H25N3O2. The fraction of sp³-hybridized carbons (Fsp3) is 0.474. The molecule has 1 amide bonds. The number of nitrogens with one attached hydrogen (secondary N) is 1. The van der Waals surface area contributed by atoms with Gasteiger partial charge in [0.1, 0.15) is 5.82 Å². The van der Waals surface area contributed by atoms with Crippen molar-refractivity contribution in [3.63, 3.8) is 0 Å². The van der Waals surface area contributed by atoms with Crippen molar-refractivity contribution in [3.05, 3.63) is 53.6 Å². The van der Waals surface area contributed by atoms with Gasteiger partial charge in [0.25, 0.3) is 0 Å². The molecular weight excluding hydrogens is 302 g/mol. The van der Waals surface area contributed by atoms with E-state index >= 15 is 0 Å². The van der Waals surface area contributed by atoms with E-state index in [2.05, 4.69) is 21.1 Å². The van der Waals surface area contributed by atoms with Crippen LogP contribution in [0.1, 0.15) is 30.4 Å². The molecule has 0 unspecified atom stereocenters. The lowest BCUT2D eigenvalue weighted by molar-refractivity contribution is -0.127. The standard InChI is InChI=1S/C19H25N3O2/c1-14(12-24-13-16-6-4-3-5-7-16)19(23)21-17-8-9-18-20-15(2)10-22(18)11-17/h3-7,10,14,17H,8-9,11-13H2,1-2H3,(H,21,23)/t14-,17-/m1/s1. The Morgan fingerprint density at radius 3 is 3.00 bits per heavy atom. The molecule has 1 aromatic heterocycles. The second kappa shape index (κ2) is 7.62. The Labute approximate surface area is 143 Å². The topological polar surface area (TPSA) is 56.2 Å². The van der Waals surface area contributed by atoms with Crippen molar-refractivity contribution in [2.75, 3.05) is 6.61 Å². The summed E-state index contributed by atoms with van der Waals surface area (Å²) in [4.78, 5) is 16.9. The average Bonchev–Trinajstić information content (AvgIpc) is 2.95. The molecule has 0 spiro atoms. The number of rotatable bonds is 6. The smallest absolute Gasteiger partial charge is 0.225 e. The van der Waals surface area contributed by atoms with Gasteiger partial charge in [0.15, 0.2) is 0 Å². The third-order valence-electron chi connectivity index (χ3n) is 4.39. The zero-order chi connectivity index (χ0) is 16.9. The second-order valence-electron chi connectivity index (χ2n) is 6.60. The number of nitrogens with zero attached hydrogens (tertiary/aromatic N) is 2. The predicted octanol–water partition coefficient (Wildman–Crippen LogP) is 2.48. The van der Waals surface area contributed by atoms with Crippen LogP contribution in [0, 0.1) is 12.8 Å². The Morgan fingerprint density at radius 2 is 2.21 bits per heavy atom. The van der Waals surface area contributed by atoms with E-state index in [0.717, 1.165) is 36.5 Å². The highest BCUT2D eigenvalue weighted by atomic mass is 16.5. The number of carbonyl (C=O) groups is 1. The van der Waals surface area contributed by atoms with Gasteiger partial charge < -0.3 is 14.6 Å². The number of carbonyl (C=O) groups excluding carboxylic acids is 1. The van der Waals surface area contributed by atoms with Crippen molar-refractivity contribution >= 4 is 5.91 Å². The van der Waals surface area contributed by atoms with Crippen LogP contribution >= 0.6 is 0 Å². The van der Waals surface area contributed by atoms with E-state index in [1.807, 2.05) is 44.2 Å². The van der Waals surface area contributed by atoms with Crippen molar-refractivity contribution in [3.8, 4) is 0 Å². The van der Waals surface area contributed by atoms with E-state index < -0.39 is 0 Å². The minimum Gasteiger partial charge on any atom is -0.376 e. The second-order valence-corrected chi connectivity index (χ2v) is 6.60. The monoisotopic (exact) mass is 327 g/mol. The van der Waals surface area contributed by atoms with Gasteiger partial charge in [-0.05, 0) is 18.9 Å². The molecule has 1 aliphatic heterocycles. The van der Waals surface area contributed by atoms with E-state index in [4.69, 9.17) is 4.74 Å². The summed E-state index contributed by atoms with van der Waals surface area (Å²) in [6, 6.07) is 10.2. The summed E-state index contributed by atoms with van der Waals surface area (Å²) >= 11 is 0. The lowest BCUT2D eigenvalue weighted by Gasteiger charge is -2.26. The third-order valence-corrected chi connectivity index (χ3v) is 4.39. The van der Waals surface area contributed by atoms with Gasteiger partial charge in [0.05, 0.1) is 24.8 Å². The molecule has 2 aromatic rings. The van der Waals surface area contributed by atoms with E-state index in [1.54, 1.807) is 0 Å². The van der Waals surface area contributed by atoms with Crippen molar-refractivity contribution in [1.82, 2.24) is 14.9 Å². The summed E-state index contributed by atoms with van der Waals surface area (Å²) in [5, 5.41) is 3.15. The van der Waals surface area contributed by atoms with E-state index in [0.29, 0.717) is 13.2 Å². The number of amides is 1. The zero-order valence-corrected chi connectivity index (χ0v) is 14.4. The number of ether oxygens (including phenoxy) is 1. The first-order valence-corrected chi connectivity index (χ1v) is 8.56. The van der Waals surface area contributed by atoms with Crippen LogP contribution in [0.15, 0.2) is 36.5 Å². The fourth-order valence-corrected chi connectivity index (χ4v) is 3.05. The Bertz CT molecular complexity index is 681. The molecule has 0 bridgehead atoms. The summed E-state index contributed by atoms with van der Waals surface area (Å²) in [5.41, 5.74) is 2.17. The largest absolute Gasteiger partial charge is 0.376 e. The Kier molecular flexibility index (Phi) is 5.30. The number of aryl methyl sites for hydroxylation is 2. The first-order chi connectivity index (χ1) is 11.6. The Morgan fingerprint density at radius 1 is 1.42 bits per heavy atom. The summed E-state index contributed by atoms with van der Waals surface area (Å²) in [6.07, 6.45) is 3.91. The molecule has 1 aromatic carbocycles. The van der Waals surface area contributed by atoms with Crippen LogP contribution < -0.4 is 5.32 Å². The number of imidazole rings is 1. The predicted molar refractivity (Wildman–Crippen MR) is 92.5 cm³/mol. The molecule has 0 radical (unpaired) electrons. The summed E-state index contributed by atoms with van der Waals surface area (Å²) < 4.78 is 7.83. The molecule has 2 atom stereocenters. The van der Waals surface area contributed by atoms with Gasteiger partial charge in [-0.3, -0.25) is 4.79 Å². The molecule has 128 valence electrons. The van der Waals surface area contributed by atoms with Crippen molar-refractivity contribution in [1.29, 1.82) is 0 Å². The molecule has 3 rings (SSSR count). The molecule has 1 aliphatic rings. The molecule has 24 heavy (non-hydrogen) atoms. The van der Waals surface area contributed by atoms with E-state index in [-0.39, 0.29) is 17.9 Å². The zero-order valence-electron chi connectivity index (χ0n) is 14.4. The van der Waals surface area contributed by atoms with E-state index in [9.17, 15) is 4.79 Å². The van der Waals surface area contributed by atoms with Crippen LogP contribution in [-0.4, -0.2) is 28.1 Å². The van der Waals surface area contributed by atoms with Crippen molar-refractivity contribution < 1.29 is 9.53 Å². The van der Waals surface area contributed by atoms with Gasteiger partial charge >= 0.3 is 0 Å². The highest BCUT2D eigenvalue weighted by Crippen LogP contribution is 2.15. The molecule has 0 saturated heterocycles. The van der Waals surface area contributed by atoms with Crippen LogP contribution in [0.2, 0.25) is 0 Å². The minimum atomic E-state index is -0.153. The van der Waals surface area contributed by atoms with Crippen LogP contribution in [-0.2, 0) is 29.1 Å². The number of hydrogen-bond donors (Lipinski definition) is 1. The van der Waals surface area contributed by atoms with Crippen molar-refractivity contribution in [2.24, 2.45) is 5.92 Å². The molecule has 2 heterocycles. The normalized spacial score (nSPS) is 18.0. The van der Waals surface area contributed by atoms with Gasteiger partial charge in [-0.1, -0.05) is 37.3 Å². The summed E-state index contributed by atoms with van der Waals surface area (Å²) in [7, 11) is 0. The van der Waals surface area contributed by atoms with Crippen LogP contribution in [0.4, 0.5) is 0 Å². The van der Waals surface area contributed by atoms with Crippen molar-refractivity contribution in [2.45, 2.75) is 45.9 Å². The minimum absolute atomic E-state index is 0.0633. The van der Waals surface area contributed by atoms with Crippen LogP contribution in [0.3, 0.4) is 0 Å². The molecule has 0 fully saturated rings. The maximum atomic E-state index is 12.4. The fourth-order valence-electron chi connectivity index (χ4n) is 3.05. The molecule has 0 saturated carbocycles. The molecule has 5 heteroatoms. The quantitative estimate of drug-likeness (QED) is 0.887. The first kappa shape index (κ1) is 16.7. The summed E-state index contributed by atoms with van der Waals surface area (Å²) in [5.74, 6) is 1.03. The molecule has 1 N–H and O–H groups in total. The third kappa shape index (κ3) is 4.23. The molecule has 5 nitrogen and oxygen atoms in total.